The second kappa shape index (κ2) is 7.73. The molecule has 23 heavy (non-hydrogen) atoms. The van der Waals surface area contributed by atoms with Crippen molar-refractivity contribution in [2.24, 2.45) is 0 Å². The van der Waals surface area contributed by atoms with Gasteiger partial charge in [0.1, 0.15) is 5.82 Å². The summed E-state index contributed by atoms with van der Waals surface area (Å²) in [4.78, 5) is 10.2. The lowest BCUT2D eigenvalue weighted by atomic mass is 10.1. The fourth-order valence-corrected chi connectivity index (χ4v) is 3.25. The van der Waals surface area contributed by atoms with Gasteiger partial charge in [0.05, 0.1) is 19.3 Å². The highest BCUT2D eigenvalue weighted by Gasteiger charge is 2.25. The molecule has 2 aromatic rings. The number of aromatic nitrogens is 2. The van der Waals surface area contributed by atoms with Crippen molar-refractivity contribution >= 4 is 0 Å². The number of imidazole rings is 1. The molecule has 2 N–H and O–H groups in total. The maximum Gasteiger partial charge on any atom is 0.127 e. The normalized spacial score (nSPS) is 21.9. The Morgan fingerprint density at radius 1 is 1.39 bits per heavy atom. The van der Waals surface area contributed by atoms with Gasteiger partial charge in [-0.2, -0.15) is 0 Å². The lowest BCUT2D eigenvalue weighted by molar-refractivity contribution is -0.0184. The van der Waals surface area contributed by atoms with Crippen LogP contribution in [-0.4, -0.2) is 53.3 Å². The molecule has 1 aliphatic rings. The predicted molar refractivity (Wildman–Crippen MR) is 91.3 cm³/mol. The Hall–Kier alpha value is -1.69. The molecule has 0 aliphatic carbocycles. The number of benzene rings is 1. The molecule has 0 radical (unpaired) electrons. The summed E-state index contributed by atoms with van der Waals surface area (Å²) in [6.45, 7) is 8.07. The summed E-state index contributed by atoms with van der Waals surface area (Å²) in [6.07, 6.45) is 3.68. The molecule has 0 saturated carbocycles. The number of nitrogens with zero attached hydrogens (tertiary/aromatic N) is 2. The molecule has 1 aromatic heterocycles. The van der Waals surface area contributed by atoms with Gasteiger partial charge in [-0.1, -0.05) is 30.3 Å². The zero-order valence-electron chi connectivity index (χ0n) is 13.9. The van der Waals surface area contributed by atoms with Crippen molar-refractivity contribution in [3.8, 4) is 0 Å². The smallest absolute Gasteiger partial charge is 0.127 e. The van der Waals surface area contributed by atoms with Gasteiger partial charge in [-0.15, -0.1) is 0 Å². The van der Waals surface area contributed by atoms with E-state index >= 15 is 0 Å². The van der Waals surface area contributed by atoms with Gasteiger partial charge in [0.15, 0.2) is 0 Å². The minimum Gasteiger partial charge on any atom is -0.379 e. The third-order valence-electron chi connectivity index (χ3n) is 4.53. The number of H-pyrrole nitrogens is 1. The Kier molecular flexibility index (Phi) is 5.43. The van der Waals surface area contributed by atoms with Crippen LogP contribution in [0.1, 0.15) is 31.3 Å². The average Bonchev–Trinajstić information content (AvgIpc) is 3.10. The number of rotatable bonds is 6. The van der Waals surface area contributed by atoms with Gasteiger partial charge in [0.25, 0.3) is 0 Å². The van der Waals surface area contributed by atoms with Gasteiger partial charge in [0.2, 0.25) is 0 Å². The molecule has 1 fully saturated rings. The molecule has 0 spiro atoms. The van der Waals surface area contributed by atoms with Crippen molar-refractivity contribution in [3.05, 3.63) is 54.1 Å². The molecule has 2 heterocycles. The van der Waals surface area contributed by atoms with Crippen molar-refractivity contribution in [2.75, 3.05) is 26.3 Å². The summed E-state index contributed by atoms with van der Waals surface area (Å²) >= 11 is 0. The number of ether oxygens (including phenoxy) is 1. The first-order chi connectivity index (χ1) is 11.3. The maximum atomic E-state index is 5.54. The number of hydrogen-bond acceptors (Lipinski definition) is 4. The first-order valence-corrected chi connectivity index (χ1v) is 8.37. The number of morpholine rings is 1. The molecule has 124 valence electrons. The van der Waals surface area contributed by atoms with Crippen LogP contribution in [0.25, 0.3) is 0 Å². The van der Waals surface area contributed by atoms with Gasteiger partial charge in [-0.25, -0.2) is 4.98 Å². The predicted octanol–water partition coefficient (Wildman–Crippen LogP) is 2.20. The third-order valence-corrected chi connectivity index (χ3v) is 4.53. The van der Waals surface area contributed by atoms with Gasteiger partial charge >= 0.3 is 0 Å². The largest absolute Gasteiger partial charge is 0.379 e. The quantitative estimate of drug-likeness (QED) is 0.858. The minimum absolute atomic E-state index is 0.0880. The fourth-order valence-electron chi connectivity index (χ4n) is 3.25. The highest BCUT2D eigenvalue weighted by atomic mass is 16.5. The molecular formula is C18H26N4O. The van der Waals surface area contributed by atoms with E-state index in [0.29, 0.717) is 12.1 Å². The molecule has 3 atom stereocenters. The van der Waals surface area contributed by atoms with Crippen LogP contribution in [-0.2, 0) is 4.74 Å². The molecule has 5 heteroatoms. The summed E-state index contributed by atoms with van der Waals surface area (Å²) in [7, 11) is 0. The van der Waals surface area contributed by atoms with Gasteiger partial charge in [-0.05, 0) is 19.4 Å². The molecule has 0 amide bonds. The molecule has 3 unspecified atom stereocenters. The van der Waals surface area contributed by atoms with Crippen molar-refractivity contribution in [2.45, 2.75) is 32.0 Å². The zero-order chi connectivity index (χ0) is 16.1. The van der Waals surface area contributed by atoms with Crippen LogP contribution in [0.15, 0.2) is 42.7 Å². The molecule has 0 bridgehead atoms. The Balaban J connectivity index is 1.67. The van der Waals surface area contributed by atoms with Gasteiger partial charge < -0.3 is 15.0 Å². The van der Waals surface area contributed by atoms with Crippen LogP contribution in [0, 0.1) is 0 Å². The second-order valence-corrected chi connectivity index (χ2v) is 6.24. The summed E-state index contributed by atoms with van der Waals surface area (Å²) in [5.41, 5.74) is 1.23. The lowest BCUT2D eigenvalue weighted by Crippen LogP contribution is -2.51. The van der Waals surface area contributed by atoms with E-state index < -0.39 is 0 Å². The monoisotopic (exact) mass is 314 g/mol. The van der Waals surface area contributed by atoms with Crippen molar-refractivity contribution in [1.82, 2.24) is 20.2 Å². The molecule has 1 aromatic carbocycles. The SMILES string of the molecule is CC(CNC(c1ccccc1)c1ncc[nH]1)N1CCOCC1C. The highest BCUT2D eigenvalue weighted by Crippen LogP contribution is 2.19. The van der Waals surface area contributed by atoms with E-state index in [0.717, 1.165) is 32.1 Å². The number of nitrogens with one attached hydrogen (secondary N) is 2. The Bertz CT molecular complexity index is 572. The molecule has 1 saturated heterocycles. The standard InChI is InChI=1S/C18H26N4O/c1-14(22-10-11-23-13-15(22)2)12-21-17(18-19-8-9-20-18)16-6-4-3-5-7-16/h3-9,14-15,17,21H,10-13H2,1-2H3,(H,19,20). The van der Waals surface area contributed by atoms with E-state index in [1.54, 1.807) is 6.20 Å². The van der Waals surface area contributed by atoms with Gasteiger partial charge in [0, 0.05) is 37.6 Å². The Morgan fingerprint density at radius 2 is 2.22 bits per heavy atom. The fraction of sp³-hybridized carbons (Fsp3) is 0.500. The van der Waals surface area contributed by atoms with Gasteiger partial charge in [-0.3, -0.25) is 4.90 Å². The third kappa shape index (κ3) is 3.99. The minimum atomic E-state index is 0.0880. The highest BCUT2D eigenvalue weighted by molar-refractivity contribution is 5.24. The summed E-state index contributed by atoms with van der Waals surface area (Å²) in [5, 5.41) is 3.68. The first kappa shape index (κ1) is 16.2. The maximum absolute atomic E-state index is 5.54. The van der Waals surface area contributed by atoms with Crippen LogP contribution in [0.2, 0.25) is 0 Å². The Labute approximate surface area is 138 Å². The Morgan fingerprint density at radius 3 is 2.91 bits per heavy atom. The topological polar surface area (TPSA) is 53.2 Å². The van der Waals surface area contributed by atoms with E-state index in [9.17, 15) is 0 Å². The van der Waals surface area contributed by atoms with E-state index in [1.165, 1.54) is 5.56 Å². The van der Waals surface area contributed by atoms with Crippen LogP contribution in [0.5, 0.6) is 0 Å². The second-order valence-electron chi connectivity index (χ2n) is 6.24. The van der Waals surface area contributed by atoms with E-state index in [-0.39, 0.29) is 6.04 Å². The van der Waals surface area contributed by atoms with Crippen LogP contribution < -0.4 is 5.32 Å². The molecule has 3 rings (SSSR count). The molecule has 5 nitrogen and oxygen atoms in total. The van der Waals surface area contributed by atoms with Crippen LogP contribution in [0.3, 0.4) is 0 Å². The zero-order valence-corrected chi connectivity index (χ0v) is 13.9. The van der Waals surface area contributed by atoms with E-state index in [1.807, 2.05) is 12.3 Å². The van der Waals surface area contributed by atoms with Crippen LogP contribution >= 0.6 is 0 Å². The summed E-state index contributed by atoms with van der Waals surface area (Å²) < 4.78 is 5.54. The van der Waals surface area contributed by atoms with Crippen molar-refractivity contribution in [3.63, 3.8) is 0 Å². The molecular weight excluding hydrogens is 288 g/mol. The average molecular weight is 314 g/mol. The first-order valence-electron chi connectivity index (χ1n) is 8.37. The van der Waals surface area contributed by atoms with Crippen LogP contribution in [0.4, 0.5) is 0 Å². The lowest BCUT2D eigenvalue weighted by Gasteiger charge is -2.38. The molecule has 1 aliphatic heterocycles. The van der Waals surface area contributed by atoms with Crippen molar-refractivity contribution < 1.29 is 4.74 Å². The van der Waals surface area contributed by atoms with E-state index in [2.05, 4.69) is 58.3 Å². The number of aromatic amines is 1. The van der Waals surface area contributed by atoms with Crippen molar-refractivity contribution in [1.29, 1.82) is 0 Å². The summed E-state index contributed by atoms with van der Waals surface area (Å²) in [5.74, 6) is 0.957. The number of hydrogen-bond donors (Lipinski definition) is 2. The van der Waals surface area contributed by atoms with E-state index in [4.69, 9.17) is 4.74 Å². The summed E-state index contributed by atoms with van der Waals surface area (Å²) in [6, 6.07) is 11.5.